The predicted octanol–water partition coefficient (Wildman–Crippen LogP) is 6.08. The molecule has 1 aliphatic rings. The van der Waals surface area contributed by atoms with E-state index in [4.69, 9.17) is 0 Å². The molecule has 0 N–H and O–H groups in total. The van der Waals surface area contributed by atoms with Gasteiger partial charge in [-0.25, -0.2) is 0 Å². The van der Waals surface area contributed by atoms with Gasteiger partial charge < -0.3 is 0 Å². The van der Waals surface area contributed by atoms with Gasteiger partial charge in [-0.1, -0.05) is 82.5 Å². The molecule has 0 spiro atoms. The zero-order chi connectivity index (χ0) is 15.2. The number of rotatable bonds is 3. The van der Waals surface area contributed by atoms with Gasteiger partial charge in [0.1, 0.15) is 0 Å². The van der Waals surface area contributed by atoms with Crippen molar-refractivity contribution in [1.29, 1.82) is 0 Å². The van der Waals surface area contributed by atoms with Crippen molar-refractivity contribution in [3.63, 3.8) is 0 Å². The van der Waals surface area contributed by atoms with E-state index in [1.54, 1.807) is 0 Å². The molecule has 0 bridgehead atoms. The van der Waals surface area contributed by atoms with Crippen LogP contribution in [0.5, 0.6) is 0 Å². The fraction of sp³-hybridized carbons (Fsp3) is 0.300. The van der Waals surface area contributed by atoms with Crippen LogP contribution in [0.3, 0.4) is 0 Å². The second-order valence-corrected chi connectivity index (χ2v) is 5.07. The summed E-state index contributed by atoms with van der Waals surface area (Å²) < 4.78 is 0. The summed E-state index contributed by atoms with van der Waals surface area (Å²) in [6.45, 7) is 16.3. The smallest absolute Gasteiger partial charge is 0.0147 e. The first-order valence-electron chi connectivity index (χ1n) is 7.36. The summed E-state index contributed by atoms with van der Waals surface area (Å²) in [6, 6.07) is 4.40. The van der Waals surface area contributed by atoms with Crippen molar-refractivity contribution < 1.29 is 0 Å². The largest absolute Gasteiger partial charge is 0.0984 e. The average molecular weight is 266 g/mol. The molecule has 1 unspecified atom stereocenters. The summed E-state index contributed by atoms with van der Waals surface area (Å²) in [6.07, 6.45) is 13.7. The van der Waals surface area contributed by atoms with Crippen LogP contribution < -0.4 is 0 Å². The van der Waals surface area contributed by atoms with Crippen LogP contribution in [0.1, 0.15) is 49.4 Å². The number of aryl methyl sites for hydroxylation is 1. The summed E-state index contributed by atoms with van der Waals surface area (Å²) in [5, 5.41) is 0. The second kappa shape index (κ2) is 7.09. The fourth-order valence-electron chi connectivity index (χ4n) is 2.66. The molecule has 0 saturated carbocycles. The molecule has 1 atom stereocenters. The van der Waals surface area contributed by atoms with E-state index in [-0.39, 0.29) is 5.41 Å². The summed E-state index contributed by atoms with van der Waals surface area (Å²) in [5.41, 5.74) is 5.06. The maximum absolute atomic E-state index is 3.98. The van der Waals surface area contributed by atoms with E-state index >= 15 is 0 Å². The molecule has 0 heterocycles. The summed E-state index contributed by atoms with van der Waals surface area (Å²) in [5.74, 6) is 0. The van der Waals surface area contributed by atoms with E-state index in [0.29, 0.717) is 0 Å². The van der Waals surface area contributed by atoms with Crippen LogP contribution in [0.2, 0.25) is 0 Å². The highest BCUT2D eigenvalue weighted by atomic mass is 14.3. The molecule has 0 saturated heterocycles. The lowest BCUT2D eigenvalue weighted by atomic mass is 9.74. The lowest BCUT2D eigenvalue weighted by molar-refractivity contribution is 0.598. The predicted molar refractivity (Wildman–Crippen MR) is 93.0 cm³/mol. The van der Waals surface area contributed by atoms with Crippen molar-refractivity contribution >= 4 is 12.2 Å². The highest BCUT2D eigenvalue weighted by Gasteiger charge is 2.26. The van der Waals surface area contributed by atoms with Crippen molar-refractivity contribution in [3.05, 3.63) is 71.8 Å². The molecule has 20 heavy (non-hydrogen) atoms. The molecular weight excluding hydrogens is 240 g/mol. The Hall–Kier alpha value is -1.82. The lowest BCUT2D eigenvalue weighted by Crippen LogP contribution is -2.21. The molecule has 0 fully saturated rings. The van der Waals surface area contributed by atoms with E-state index < -0.39 is 0 Å². The Kier molecular flexibility index (Phi) is 5.76. The summed E-state index contributed by atoms with van der Waals surface area (Å²) in [7, 11) is 0. The van der Waals surface area contributed by atoms with Crippen LogP contribution >= 0.6 is 0 Å². The van der Waals surface area contributed by atoms with Crippen molar-refractivity contribution in [2.45, 2.75) is 39.5 Å². The maximum Gasteiger partial charge on any atom is 0.0147 e. The topological polar surface area (TPSA) is 0 Å². The Bertz CT molecular complexity index is 543. The Balaban J connectivity index is 0.000000956. The van der Waals surface area contributed by atoms with Gasteiger partial charge in [-0.15, -0.1) is 0 Å². The minimum atomic E-state index is 0.0593. The van der Waals surface area contributed by atoms with E-state index in [2.05, 4.69) is 63.4 Å². The first-order chi connectivity index (χ1) is 9.62. The van der Waals surface area contributed by atoms with E-state index in [0.717, 1.165) is 6.42 Å². The Morgan fingerprint density at radius 1 is 1.05 bits per heavy atom. The first-order valence-corrected chi connectivity index (χ1v) is 7.36. The van der Waals surface area contributed by atoms with Crippen LogP contribution in [0, 0.1) is 6.92 Å². The van der Waals surface area contributed by atoms with Crippen molar-refractivity contribution in [2.75, 3.05) is 0 Å². The summed E-state index contributed by atoms with van der Waals surface area (Å²) >= 11 is 0. The molecule has 1 aromatic rings. The SMILES string of the molecule is C=Cc1c(C)ccc(C2(C)C=CC=CC2)c1C=C.CC. The van der Waals surface area contributed by atoms with Crippen LogP contribution in [0.25, 0.3) is 12.2 Å². The molecule has 0 radical (unpaired) electrons. The summed E-state index contributed by atoms with van der Waals surface area (Å²) in [4.78, 5) is 0. The van der Waals surface area contributed by atoms with Gasteiger partial charge in [-0.05, 0) is 35.6 Å². The second-order valence-electron chi connectivity index (χ2n) is 5.07. The molecule has 0 aromatic heterocycles. The minimum Gasteiger partial charge on any atom is -0.0984 e. The molecule has 1 aliphatic carbocycles. The van der Waals surface area contributed by atoms with E-state index in [9.17, 15) is 0 Å². The number of allylic oxidation sites excluding steroid dienone is 4. The molecule has 0 heteroatoms. The van der Waals surface area contributed by atoms with Crippen LogP contribution in [0.15, 0.2) is 49.6 Å². The van der Waals surface area contributed by atoms with Crippen LogP contribution in [-0.4, -0.2) is 0 Å². The maximum atomic E-state index is 3.98. The van der Waals surface area contributed by atoms with Crippen molar-refractivity contribution in [3.8, 4) is 0 Å². The number of hydrogen-bond donors (Lipinski definition) is 0. The van der Waals surface area contributed by atoms with Crippen LogP contribution in [0.4, 0.5) is 0 Å². The average Bonchev–Trinajstić information content (AvgIpc) is 2.49. The third kappa shape index (κ3) is 3.01. The minimum absolute atomic E-state index is 0.0593. The lowest BCUT2D eigenvalue weighted by Gasteiger charge is -2.30. The van der Waals surface area contributed by atoms with Gasteiger partial charge in [0.05, 0.1) is 0 Å². The standard InChI is InChI=1S/C18H20.C2H6/c1-5-15-14(3)10-11-17(16(15)6-2)18(4)12-8-7-9-13-18;1-2/h5-12H,1-2,13H2,3-4H3;1-2H3. The van der Waals surface area contributed by atoms with Gasteiger partial charge in [0.25, 0.3) is 0 Å². The normalized spacial score (nSPS) is 20.0. The molecule has 0 aliphatic heterocycles. The molecule has 2 rings (SSSR count). The Morgan fingerprint density at radius 2 is 1.70 bits per heavy atom. The Labute approximate surface area is 124 Å². The highest BCUT2D eigenvalue weighted by Crippen LogP contribution is 2.37. The number of hydrogen-bond acceptors (Lipinski definition) is 0. The highest BCUT2D eigenvalue weighted by molar-refractivity contribution is 5.70. The Morgan fingerprint density at radius 3 is 2.20 bits per heavy atom. The molecule has 106 valence electrons. The van der Waals surface area contributed by atoms with Crippen molar-refractivity contribution in [1.82, 2.24) is 0 Å². The molecular formula is C20H26. The fourth-order valence-corrected chi connectivity index (χ4v) is 2.66. The van der Waals surface area contributed by atoms with Gasteiger partial charge in [-0.2, -0.15) is 0 Å². The monoisotopic (exact) mass is 266 g/mol. The van der Waals surface area contributed by atoms with Crippen molar-refractivity contribution in [2.24, 2.45) is 0 Å². The van der Waals surface area contributed by atoms with E-state index in [1.165, 1.54) is 22.3 Å². The number of benzene rings is 1. The third-order valence-electron chi connectivity index (χ3n) is 3.78. The first kappa shape index (κ1) is 16.2. The van der Waals surface area contributed by atoms with Gasteiger partial charge in [0.15, 0.2) is 0 Å². The van der Waals surface area contributed by atoms with Gasteiger partial charge in [-0.3, -0.25) is 0 Å². The quantitative estimate of drug-likeness (QED) is 0.622. The molecule has 0 amide bonds. The third-order valence-corrected chi connectivity index (χ3v) is 3.78. The van der Waals surface area contributed by atoms with Crippen LogP contribution in [-0.2, 0) is 5.41 Å². The van der Waals surface area contributed by atoms with Gasteiger partial charge in [0.2, 0.25) is 0 Å². The zero-order valence-electron chi connectivity index (χ0n) is 13.2. The van der Waals surface area contributed by atoms with Gasteiger partial charge >= 0.3 is 0 Å². The van der Waals surface area contributed by atoms with Gasteiger partial charge in [0, 0.05) is 5.41 Å². The zero-order valence-corrected chi connectivity index (χ0v) is 13.2. The van der Waals surface area contributed by atoms with E-state index in [1.807, 2.05) is 26.0 Å². The molecule has 0 nitrogen and oxygen atoms in total. The molecule has 1 aromatic carbocycles.